The maximum Gasteiger partial charge on any atom is 0.0299 e. The summed E-state index contributed by atoms with van der Waals surface area (Å²) in [6.07, 6.45) is 5.24. The fourth-order valence-corrected chi connectivity index (χ4v) is 3.45. The summed E-state index contributed by atoms with van der Waals surface area (Å²) in [5.74, 6) is 0. The zero-order chi connectivity index (χ0) is 13.9. The summed E-state index contributed by atoms with van der Waals surface area (Å²) in [5.41, 5.74) is 0. The van der Waals surface area contributed by atoms with Crippen molar-refractivity contribution in [3.05, 3.63) is 44.8 Å². The summed E-state index contributed by atoms with van der Waals surface area (Å²) in [6.45, 7) is 4.33. The number of rotatable bonds is 11. The van der Waals surface area contributed by atoms with E-state index in [9.17, 15) is 0 Å². The van der Waals surface area contributed by atoms with Crippen LogP contribution in [0.15, 0.2) is 35.0 Å². The summed E-state index contributed by atoms with van der Waals surface area (Å²) in [5, 5.41) is 11.3. The highest BCUT2D eigenvalue weighted by Gasteiger charge is 1.95. The second-order valence-corrected chi connectivity index (χ2v) is 6.99. The molecule has 0 radical (unpaired) electrons. The van der Waals surface area contributed by atoms with Crippen molar-refractivity contribution in [1.29, 1.82) is 0 Å². The molecule has 2 nitrogen and oxygen atoms in total. The molecule has 0 atom stereocenters. The molecule has 0 saturated heterocycles. The average molecular weight is 309 g/mol. The molecule has 4 heteroatoms. The Morgan fingerprint density at radius 1 is 0.700 bits per heavy atom. The first-order valence-corrected chi connectivity index (χ1v) is 9.17. The second-order valence-electron chi connectivity index (χ2n) is 4.93. The maximum absolute atomic E-state index is 3.50. The lowest BCUT2D eigenvalue weighted by Crippen LogP contribution is -2.15. The summed E-state index contributed by atoms with van der Waals surface area (Å²) >= 11 is 3.66. The molecule has 0 unspecified atom stereocenters. The molecule has 0 amide bonds. The Morgan fingerprint density at radius 2 is 1.20 bits per heavy atom. The van der Waals surface area contributed by atoms with E-state index in [-0.39, 0.29) is 0 Å². The predicted octanol–water partition coefficient (Wildman–Crippen LogP) is 4.25. The van der Waals surface area contributed by atoms with Gasteiger partial charge in [0.2, 0.25) is 0 Å². The van der Waals surface area contributed by atoms with Crippen LogP contribution in [0.1, 0.15) is 35.4 Å². The van der Waals surface area contributed by atoms with Crippen LogP contribution in [0, 0.1) is 0 Å². The van der Waals surface area contributed by atoms with Crippen LogP contribution in [0.25, 0.3) is 0 Å². The molecule has 20 heavy (non-hydrogen) atoms. The number of nitrogens with one attached hydrogen (secondary N) is 2. The van der Waals surface area contributed by atoms with Crippen molar-refractivity contribution in [2.45, 2.75) is 38.8 Å². The van der Waals surface area contributed by atoms with Gasteiger partial charge in [-0.15, -0.1) is 22.7 Å². The predicted molar refractivity (Wildman–Crippen MR) is 90.5 cm³/mol. The number of hydrogen-bond donors (Lipinski definition) is 2. The summed E-state index contributed by atoms with van der Waals surface area (Å²) in [7, 11) is 0. The van der Waals surface area contributed by atoms with E-state index >= 15 is 0 Å². The topological polar surface area (TPSA) is 24.1 Å². The van der Waals surface area contributed by atoms with Gasteiger partial charge in [0, 0.05) is 22.8 Å². The summed E-state index contributed by atoms with van der Waals surface area (Å²) < 4.78 is 0. The van der Waals surface area contributed by atoms with Gasteiger partial charge < -0.3 is 10.6 Å². The van der Waals surface area contributed by atoms with Gasteiger partial charge in [0.05, 0.1) is 0 Å². The lowest BCUT2D eigenvalue weighted by Gasteiger charge is -2.04. The minimum atomic E-state index is 1.03. The van der Waals surface area contributed by atoms with Crippen LogP contribution in [0.5, 0.6) is 0 Å². The van der Waals surface area contributed by atoms with Gasteiger partial charge in [-0.05, 0) is 48.8 Å². The Kier molecular flexibility index (Phi) is 7.93. The fourth-order valence-electron chi connectivity index (χ4n) is 2.10. The van der Waals surface area contributed by atoms with Crippen molar-refractivity contribution in [2.75, 3.05) is 13.1 Å². The Hall–Kier alpha value is -0.680. The fraction of sp³-hybridized carbons (Fsp3) is 0.500. The Morgan fingerprint density at radius 3 is 1.60 bits per heavy atom. The zero-order valence-corrected chi connectivity index (χ0v) is 13.6. The highest BCUT2D eigenvalue weighted by atomic mass is 32.1. The third-order valence-electron chi connectivity index (χ3n) is 3.22. The molecular formula is C16H24N2S2. The van der Waals surface area contributed by atoms with Crippen LogP contribution in [0.2, 0.25) is 0 Å². The molecule has 0 aliphatic rings. The molecule has 2 rings (SSSR count). The van der Waals surface area contributed by atoms with Crippen molar-refractivity contribution in [3.63, 3.8) is 0 Å². The van der Waals surface area contributed by atoms with Crippen LogP contribution in [-0.4, -0.2) is 13.1 Å². The SMILES string of the molecule is c1csc(CNCCCCCCNCc2cccs2)c1. The number of unbranched alkanes of at least 4 members (excludes halogenated alkanes) is 3. The molecule has 0 saturated carbocycles. The van der Waals surface area contributed by atoms with Gasteiger partial charge in [-0.25, -0.2) is 0 Å². The minimum absolute atomic E-state index is 1.03. The largest absolute Gasteiger partial charge is 0.312 e. The van der Waals surface area contributed by atoms with Crippen molar-refractivity contribution in [2.24, 2.45) is 0 Å². The van der Waals surface area contributed by atoms with Crippen LogP contribution in [0.4, 0.5) is 0 Å². The zero-order valence-electron chi connectivity index (χ0n) is 11.9. The minimum Gasteiger partial charge on any atom is -0.312 e. The molecule has 2 N–H and O–H groups in total. The highest BCUT2D eigenvalue weighted by molar-refractivity contribution is 7.10. The van der Waals surface area contributed by atoms with E-state index in [2.05, 4.69) is 45.7 Å². The van der Waals surface area contributed by atoms with Gasteiger partial charge in [0.15, 0.2) is 0 Å². The van der Waals surface area contributed by atoms with Gasteiger partial charge in [0.25, 0.3) is 0 Å². The third kappa shape index (κ3) is 6.66. The molecule has 0 bridgehead atoms. The molecule has 2 aromatic rings. The quantitative estimate of drug-likeness (QED) is 0.606. The van der Waals surface area contributed by atoms with Crippen LogP contribution >= 0.6 is 22.7 Å². The molecule has 2 aromatic heterocycles. The van der Waals surface area contributed by atoms with E-state index in [4.69, 9.17) is 0 Å². The van der Waals surface area contributed by atoms with Gasteiger partial charge in [-0.3, -0.25) is 0 Å². The lowest BCUT2D eigenvalue weighted by atomic mass is 10.2. The Balaban J connectivity index is 1.33. The first-order valence-electron chi connectivity index (χ1n) is 7.41. The molecule has 0 spiro atoms. The average Bonchev–Trinajstić information content (AvgIpc) is 3.14. The van der Waals surface area contributed by atoms with Crippen LogP contribution < -0.4 is 10.6 Å². The van der Waals surface area contributed by atoms with Crippen molar-refractivity contribution in [1.82, 2.24) is 10.6 Å². The van der Waals surface area contributed by atoms with Crippen molar-refractivity contribution in [3.8, 4) is 0 Å². The van der Waals surface area contributed by atoms with Crippen molar-refractivity contribution >= 4 is 22.7 Å². The first kappa shape index (κ1) is 15.7. The third-order valence-corrected chi connectivity index (χ3v) is 4.97. The number of hydrogen-bond acceptors (Lipinski definition) is 4. The molecule has 2 heterocycles. The second kappa shape index (κ2) is 10.1. The lowest BCUT2D eigenvalue weighted by molar-refractivity contribution is 0.565. The van der Waals surface area contributed by atoms with Gasteiger partial charge in [-0.1, -0.05) is 25.0 Å². The van der Waals surface area contributed by atoms with Gasteiger partial charge in [-0.2, -0.15) is 0 Å². The van der Waals surface area contributed by atoms with Crippen LogP contribution in [0.3, 0.4) is 0 Å². The normalized spacial score (nSPS) is 11.0. The standard InChI is InChI=1S/C16H24N2S2/c1(3-9-17-13-15-7-5-11-19-15)2-4-10-18-14-16-8-6-12-20-16/h5-8,11-12,17-18H,1-4,9-10,13-14H2. The molecule has 0 aliphatic carbocycles. The van der Waals surface area contributed by atoms with Gasteiger partial charge in [0.1, 0.15) is 0 Å². The molecule has 0 aliphatic heterocycles. The smallest absolute Gasteiger partial charge is 0.0299 e. The monoisotopic (exact) mass is 308 g/mol. The number of thiophene rings is 2. The van der Waals surface area contributed by atoms with E-state index in [0.29, 0.717) is 0 Å². The highest BCUT2D eigenvalue weighted by Crippen LogP contribution is 2.08. The summed E-state index contributed by atoms with van der Waals surface area (Å²) in [6, 6.07) is 8.61. The molecule has 0 aromatic carbocycles. The molecule has 0 fully saturated rings. The van der Waals surface area contributed by atoms with Gasteiger partial charge >= 0.3 is 0 Å². The Labute approximate surface area is 130 Å². The Bertz CT molecular complexity index is 381. The molecule has 110 valence electrons. The van der Waals surface area contributed by atoms with Crippen LogP contribution in [-0.2, 0) is 13.1 Å². The molecular weight excluding hydrogens is 284 g/mol. The van der Waals surface area contributed by atoms with E-state index in [1.807, 2.05) is 22.7 Å². The summed E-state index contributed by atoms with van der Waals surface area (Å²) in [4.78, 5) is 2.87. The van der Waals surface area contributed by atoms with E-state index in [1.165, 1.54) is 35.4 Å². The van der Waals surface area contributed by atoms with Crippen molar-refractivity contribution < 1.29 is 0 Å². The van der Waals surface area contributed by atoms with E-state index < -0.39 is 0 Å². The first-order chi connectivity index (χ1) is 9.95. The van der Waals surface area contributed by atoms with E-state index in [1.54, 1.807) is 0 Å². The maximum atomic E-state index is 3.50. The van der Waals surface area contributed by atoms with E-state index in [0.717, 1.165) is 26.2 Å².